The van der Waals surface area contributed by atoms with Crippen LogP contribution < -0.4 is 0 Å². The van der Waals surface area contributed by atoms with E-state index in [2.05, 4.69) is 42.1 Å². The number of methoxy groups -OCH3 is 1. The number of hydrogen-bond acceptors (Lipinski definition) is 6. The zero-order valence-electron chi connectivity index (χ0n) is 19.4. The van der Waals surface area contributed by atoms with Crippen LogP contribution in [0, 0.1) is 0 Å². The maximum Gasteiger partial charge on any atom is 0.337 e. The van der Waals surface area contributed by atoms with Gasteiger partial charge in [-0.15, -0.1) is 0 Å². The average molecular weight is 454 g/mol. The standard InChI is InChI=1S/C24H31N5O4/c1-17(2)29-16-25-22(26-29)20-6-4-18(5-7-20)19-8-11-28(12-9-19)21(30)14-27-13-10-24(15-27,33-3)23(31)32/h4-8,16-17H,9-15H2,1-3H3,(H,31,32). The van der Waals surface area contributed by atoms with Gasteiger partial charge in [0.05, 0.1) is 6.54 Å². The maximum atomic E-state index is 12.8. The SMILES string of the molecule is COC1(C(=O)O)CCN(CC(=O)N2CC=C(c3ccc(-c4ncn(C(C)C)n4)cc3)CC2)C1. The van der Waals surface area contributed by atoms with Crippen molar-refractivity contribution in [3.63, 3.8) is 0 Å². The number of benzene rings is 1. The molecule has 0 radical (unpaired) electrons. The van der Waals surface area contributed by atoms with Crippen LogP contribution >= 0.6 is 0 Å². The third-order valence-electron chi connectivity index (χ3n) is 6.56. The van der Waals surface area contributed by atoms with Crippen molar-refractivity contribution in [3.8, 4) is 11.4 Å². The molecule has 1 fully saturated rings. The van der Waals surface area contributed by atoms with Crippen LogP contribution in [0.4, 0.5) is 0 Å². The van der Waals surface area contributed by atoms with Crippen LogP contribution in [-0.2, 0) is 14.3 Å². The molecule has 1 amide bonds. The van der Waals surface area contributed by atoms with Crippen molar-refractivity contribution in [2.45, 2.75) is 38.3 Å². The van der Waals surface area contributed by atoms with Crippen molar-refractivity contribution in [1.29, 1.82) is 0 Å². The number of carboxylic acid groups (broad SMARTS) is 1. The lowest BCUT2D eigenvalue weighted by molar-refractivity contribution is -0.160. The Morgan fingerprint density at radius 1 is 1.18 bits per heavy atom. The predicted molar refractivity (Wildman–Crippen MR) is 123 cm³/mol. The molecular weight excluding hydrogens is 422 g/mol. The summed E-state index contributed by atoms with van der Waals surface area (Å²) in [6, 6.07) is 8.50. The van der Waals surface area contributed by atoms with Crippen LogP contribution in [0.3, 0.4) is 0 Å². The van der Waals surface area contributed by atoms with E-state index < -0.39 is 11.6 Å². The van der Waals surface area contributed by atoms with E-state index >= 15 is 0 Å². The second-order valence-electron chi connectivity index (χ2n) is 9.00. The smallest absolute Gasteiger partial charge is 0.337 e. The molecule has 33 heavy (non-hydrogen) atoms. The molecule has 1 N–H and O–H groups in total. The summed E-state index contributed by atoms with van der Waals surface area (Å²) in [5.41, 5.74) is 2.13. The second-order valence-corrected chi connectivity index (χ2v) is 9.00. The Morgan fingerprint density at radius 2 is 1.91 bits per heavy atom. The fourth-order valence-electron chi connectivity index (χ4n) is 4.36. The third kappa shape index (κ3) is 4.84. The highest BCUT2D eigenvalue weighted by Crippen LogP contribution is 2.27. The molecule has 1 saturated heterocycles. The molecule has 9 nitrogen and oxygen atoms in total. The number of nitrogens with zero attached hydrogens (tertiary/aromatic N) is 5. The number of aliphatic carboxylic acids is 1. The fraction of sp³-hybridized carbons (Fsp3) is 0.500. The number of carbonyl (C=O) groups is 2. The zero-order chi connectivity index (χ0) is 23.6. The molecule has 4 rings (SSSR count). The van der Waals surface area contributed by atoms with Crippen molar-refractivity contribution in [3.05, 3.63) is 42.2 Å². The number of ether oxygens (including phenoxy) is 1. The Hall–Kier alpha value is -3.04. The number of rotatable bonds is 7. The van der Waals surface area contributed by atoms with Gasteiger partial charge >= 0.3 is 5.97 Å². The van der Waals surface area contributed by atoms with Crippen molar-refractivity contribution in [1.82, 2.24) is 24.6 Å². The summed E-state index contributed by atoms with van der Waals surface area (Å²) in [6.07, 6.45) is 5.02. The first-order valence-electron chi connectivity index (χ1n) is 11.3. The van der Waals surface area contributed by atoms with Gasteiger partial charge in [-0.2, -0.15) is 5.10 Å². The van der Waals surface area contributed by atoms with E-state index in [1.165, 1.54) is 12.7 Å². The van der Waals surface area contributed by atoms with E-state index in [0.29, 0.717) is 31.9 Å². The van der Waals surface area contributed by atoms with Crippen molar-refractivity contribution < 1.29 is 19.4 Å². The summed E-state index contributed by atoms with van der Waals surface area (Å²) in [4.78, 5) is 32.4. The quantitative estimate of drug-likeness (QED) is 0.687. The molecule has 3 heterocycles. The largest absolute Gasteiger partial charge is 0.479 e. The zero-order valence-corrected chi connectivity index (χ0v) is 19.4. The first-order valence-corrected chi connectivity index (χ1v) is 11.3. The van der Waals surface area contributed by atoms with Gasteiger partial charge in [-0.25, -0.2) is 14.5 Å². The Labute approximate surface area is 193 Å². The summed E-state index contributed by atoms with van der Waals surface area (Å²) < 4.78 is 7.09. The van der Waals surface area contributed by atoms with Crippen molar-refractivity contribution in [2.24, 2.45) is 0 Å². The van der Waals surface area contributed by atoms with E-state index in [9.17, 15) is 14.7 Å². The van der Waals surface area contributed by atoms with Gasteiger partial charge in [-0.3, -0.25) is 9.69 Å². The van der Waals surface area contributed by atoms with E-state index in [4.69, 9.17) is 4.74 Å². The van der Waals surface area contributed by atoms with Crippen LogP contribution in [0.25, 0.3) is 17.0 Å². The van der Waals surface area contributed by atoms with Gasteiger partial charge in [0.1, 0.15) is 6.33 Å². The number of carbonyl (C=O) groups excluding carboxylic acids is 1. The highest BCUT2D eigenvalue weighted by atomic mass is 16.5. The monoisotopic (exact) mass is 453 g/mol. The van der Waals surface area contributed by atoms with E-state index in [1.54, 1.807) is 6.33 Å². The van der Waals surface area contributed by atoms with Gasteiger partial charge in [0.15, 0.2) is 11.4 Å². The molecule has 176 valence electrons. The van der Waals surface area contributed by atoms with Gasteiger partial charge in [0, 0.05) is 51.3 Å². The molecule has 9 heteroatoms. The lowest BCUT2D eigenvalue weighted by Gasteiger charge is -2.29. The van der Waals surface area contributed by atoms with E-state index in [-0.39, 0.29) is 25.0 Å². The number of aromatic nitrogens is 3. The second kappa shape index (κ2) is 9.44. The minimum absolute atomic E-state index is 0.0183. The molecule has 2 aliphatic rings. The first-order chi connectivity index (χ1) is 15.8. The van der Waals surface area contributed by atoms with E-state index in [0.717, 1.165) is 17.5 Å². The number of hydrogen-bond donors (Lipinski definition) is 1. The van der Waals surface area contributed by atoms with Crippen LogP contribution in [-0.4, -0.2) is 87.0 Å². The number of amides is 1. The Morgan fingerprint density at radius 3 is 2.45 bits per heavy atom. The minimum Gasteiger partial charge on any atom is -0.479 e. The molecule has 1 atom stereocenters. The summed E-state index contributed by atoms with van der Waals surface area (Å²) in [5.74, 6) is -0.239. The molecule has 1 aromatic heterocycles. The number of likely N-dealkylation sites (tertiary alicyclic amines) is 1. The lowest BCUT2D eigenvalue weighted by Crippen LogP contribution is -2.46. The molecule has 2 aromatic rings. The van der Waals surface area contributed by atoms with Gasteiger partial charge < -0.3 is 14.7 Å². The summed E-state index contributed by atoms with van der Waals surface area (Å²) in [7, 11) is 1.41. The molecule has 2 aliphatic heterocycles. The molecule has 0 spiro atoms. The van der Waals surface area contributed by atoms with Crippen LogP contribution in [0.15, 0.2) is 36.7 Å². The first kappa shape index (κ1) is 23.1. The summed E-state index contributed by atoms with van der Waals surface area (Å²) in [6.45, 7) is 6.32. The van der Waals surface area contributed by atoms with Crippen LogP contribution in [0.5, 0.6) is 0 Å². The van der Waals surface area contributed by atoms with E-state index in [1.807, 2.05) is 26.6 Å². The summed E-state index contributed by atoms with van der Waals surface area (Å²) in [5, 5.41) is 14.0. The Balaban J connectivity index is 1.34. The maximum absolute atomic E-state index is 12.8. The van der Waals surface area contributed by atoms with Crippen LogP contribution in [0.1, 0.15) is 38.3 Å². The molecular formula is C24H31N5O4. The molecule has 1 unspecified atom stereocenters. The lowest BCUT2D eigenvalue weighted by atomic mass is 9.98. The van der Waals surface area contributed by atoms with Crippen LogP contribution in [0.2, 0.25) is 0 Å². The van der Waals surface area contributed by atoms with Gasteiger partial charge in [-0.1, -0.05) is 30.3 Å². The van der Waals surface area contributed by atoms with Gasteiger partial charge in [0.2, 0.25) is 5.91 Å². The Kier molecular flexibility index (Phi) is 6.62. The highest BCUT2D eigenvalue weighted by molar-refractivity contribution is 5.81. The highest BCUT2D eigenvalue weighted by Gasteiger charge is 2.45. The fourth-order valence-corrected chi connectivity index (χ4v) is 4.36. The van der Waals surface area contributed by atoms with Gasteiger partial charge in [-0.05, 0) is 31.4 Å². The predicted octanol–water partition coefficient (Wildman–Crippen LogP) is 2.32. The average Bonchev–Trinajstić information content (AvgIpc) is 3.48. The topological polar surface area (TPSA) is 101 Å². The van der Waals surface area contributed by atoms with Crippen molar-refractivity contribution >= 4 is 17.4 Å². The Bertz CT molecular complexity index is 1050. The van der Waals surface area contributed by atoms with Crippen molar-refractivity contribution in [2.75, 3.05) is 39.8 Å². The minimum atomic E-state index is -1.20. The van der Waals surface area contributed by atoms with Gasteiger partial charge in [0.25, 0.3) is 0 Å². The number of carboxylic acids is 1. The summed E-state index contributed by atoms with van der Waals surface area (Å²) >= 11 is 0. The molecule has 0 saturated carbocycles. The third-order valence-corrected chi connectivity index (χ3v) is 6.56. The molecule has 0 bridgehead atoms. The normalized spacial score (nSPS) is 21.5. The molecule has 1 aromatic carbocycles. The molecule has 0 aliphatic carbocycles.